The van der Waals surface area contributed by atoms with Gasteiger partial charge in [-0.15, -0.1) is 0 Å². The molecule has 0 aliphatic carbocycles. The third-order valence-corrected chi connectivity index (χ3v) is 5.38. The molecule has 0 saturated heterocycles. The number of sulfone groups is 1. The lowest BCUT2D eigenvalue weighted by Crippen LogP contribution is -2.24. The number of aryl methyl sites for hydroxylation is 2. The molecule has 0 bridgehead atoms. The fraction of sp³-hybridized carbons (Fsp3) is 0.263. The Morgan fingerprint density at radius 1 is 1.00 bits per heavy atom. The fourth-order valence-electron chi connectivity index (χ4n) is 2.38. The number of hydrogen-bond acceptors (Lipinski definition) is 5. The van der Waals surface area contributed by atoms with Gasteiger partial charge in [-0.3, -0.25) is 4.79 Å². The highest BCUT2D eigenvalue weighted by Crippen LogP contribution is 2.15. The summed E-state index contributed by atoms with van der Waals surface area (Å²) in [6.45, 7) is 3.87. The van der Waals surface area contributed by atoms with E-state index in [1.807, 2.05) is 19.9 Å². The monoisotopic (exact) mass is 375 g/mol. The van der Waals surface area contributed by atoms with Crippen molar-refractivity contribution in [3.63, 3.8) is 0 Å². The highest BCUT2D eigenvalue weighted by molar-refractivity contribution is 7.91. The summed E-state index contributed by atoms with van der Waals surface area (Å²) in [5.41, 5.74) is 3.50. The number of methoxy groups -OCH3 is 1. The zero-order chi connectivity index (χ0) is 19.3. The Kier molecular flexibility index (Phi) is 6.15. The topological polar surface area (TPSA) is 89.5 Å². The SMILES string of the molecule is COC(=O)c1ccc(CS(=O)(=O)CC(=O)Nc2ccc(C)c(C)c2)cc1. The van der Waals surface area contributed by atoms with Gasteiger partial charge in [0.1, 0.15) is 5.75 Å². The summed E-state index contributed by atoms with van der Waals surface area (Å²) in [7, 11) is -2.37. The Hall–Kier alpha value is -2.67. The predicted molar refractivity (Wildman–Crippen MR) is 99.8 cm³/mol. The van der Waals surface area contributed by atoms with Crippen molar-refractivity contribution in [2.45, 2.75) is 19.6 Å². The van der Waals surface area contributed by atoms with Gasteiger partial charge < -0.3 is 10.1 Å². The second kappa shape index (κ2) is 8.14. The molecule has 0 unspecified atom stereocenters. The smallest absolute Gasteiger partial charge is 0.337 e. The minimum absolute atomic E-state index is 0.283. The second-order valence-corrected chi connectivity index (χ2v) is 8.13. The molecule has 0 aromatic heterocycles. The van der Waals surface area contributed by atoms with Crippen LogP contribution < -0.4 is 5.32 Å². The molecule has 26 heavy (non-hydrogen) atoms. The maximum absolute atomic E-state index is 12.2. The van der Waals surface area contributed by atoms with Gasteiger partial charge in [-0.25, -0.2) is 13.2 Å². The van der Waals surface area contributed by atoms with Gasteiger partial charge in [-0.1, -0.05) is 18.2 Å². The summed E-state index contributed by atoms with van der Waals surface area (Å²) in [5, 5.41) is 2.60. The molecule has 2 aromatic rings. The number of ether oxygens (including phenoxy) is 1. The van der Waals surface area contributed by atoms with E-state index in [-0.39, 0.29) is 5.75 Å². The third kappa shape index (κ3) is 5.42. The molecule has 0 aliphatic heterocycles. The van der Waals surface area contributed by atoms with Gasteiger partial charge in [0.2, 0.25) is 5.91 Å². The van der Waals surface area contributed by atoms with Crippen LogP contribution in [0.2, 0.25) is 0 Å². The van der Waals surface area contributed by atoms with Crippen molar-refractivity contribution >= 4 is 27.4 Å². The Morgan fingerprint density at radius 2 is 1.65 bits per heavy atom. The first-order valence-electron chi connectivity index (χ1n) is 7.95. The molecule has 0 heterocycles. The lowest BCUT2D eigenvalue weighted by molar-refractivity contribution is -0.113. The van der Waals surface area contributed by atoms with Crippen LogP contribution in [0, 0.1) is 13.8 Å². The van der Waals surface area contributed by atoms with Crippen LogP contribution in [0.5, 0.6) is 0 Å². The molecule has 138 valence electrons. The molecule has 1 N–H and O–H groups in total. The zero-order valence-electron chi connectivity index (χ0n) is 14.9. The molecule has 0 radical (unpaired) electrons. The van der Waals surface area contributed by atoms with Gasteiger partial charge in [0.25, 0.3) is 0 Å². The number of carbonyl (C=O) groups is 2. The highest BCUT2D eigenvalue weighted by Gasteiger charge is 2.18. The second-order valence-electron chi connectivity index (χ2n) is 6.07. The first kappa shape index (κ1) is 19.7. The number of benzene rings is 2. The minimum Gasteiger partial charge on any atom is -0.465 e. The first-order chi connectivity index (χ1) is 12.2. The van der Waals surface area contributed by atoms with Crippen LogP contribution in [0.4, 0.5) is 5.69 Å². The summed E-state index contributed by atoms with van der Waals surface area (Å²) in [6.07, 6.45) is 0. The van der Waals surface area contributed by atoms with Crippen LogP contribution in [0.3, 0.4) is 0 Å². The van der Waals surface area contributed by atoms with Crippen molar-refractivity contribution in [1.29, 1.82) is 0 Å². The van der Waals surface area contributed by atoms with Gasteiger partial charge in [0.05, 0.1) is 18.4 Å². The molecule has 2 rings (SSSR count). The van der Waals surface area contributed by atoms with Gasteiger partial charge >= 0.3 is 5.97 Å². The number of hydrogen-bond donors (Lipinski definition) is 1. The zero-order valence-corrected chi connectivity index (χ0v) is 15.7. The summed E-state index contributed by atoms with van der Waals surface area (Å²) in [5.74, 6) is -1.97. The molecule has 6 nitrogen and oxygen atoms in total. The van der Waals surface area contributed by atoms with Crippen molar-refractivity contribution in [1.82, 2.24) is 0 Å². The van der Waals surface area contributed by atoms with Crippen LogP contribution in [-0.2, 0) is 25.1 Å². The molecule has 7 heteroatoms. The summed E-state index contributed by atoms with van der Waals surface area (Å²) < 4.78 is 29.1. The number of carbonyl (C=O) groups excluding carboxylic acids is 2. The lowest BCUT2D eigenvalue weighted by Gasteiger charge is -2.09. The number of anilines is 1. The third-order valence-electron chi connectivity index (χ3n) is 3.90. The van der Waals surface area contributed by atoms with Crippen LogP contribution in [0.1, 0.15) is 27.0 Å². The molecule has 0 saturated carbocycles. The number of esters is 1. The molecule has 0 fully saturated rings. The van der Waals surface area contributed by atoms with Crippen LogP contribution in [0.25, 0.3) is 0 Å². The molecular formula is C19H21NO5S. The van der Waals surface area contributed by atoms with E-state index in [0.717, 1.165) is 11.1 Å². The molecule has 0 atom stereocenters. The van der Waals surface area contributed by atoms with Gasteiger partial charge in [-0.05, 0) is 54.8 Å². The number of amides is 1. The van der Waals surface area contributed by atoms with Crippen LogP contribution >= 0.6 is 0 Å². The van der Waals surface area contributed by atoms with E-state index in [4.69, 9.17) is 0 Å². The van der Waals surface area contributed by atoms with E-state index < -0.39 is 27.5 Å². The van der Waals surface area contributed by atoms with Gasteiger partial charge in [0, 0.05) is 5.69 Å². The Balaban J connectivity index is 2.00. The maximum Gasteiger partial charge on any atom is 0.337 e. The van der Waals surface area contributed by atoms with E-state index in [1.54, 1.807) is 12.1 Å². The van der Waals surface area contributed by atoms with E-state index in [0.29, 0.717) is 16.8 Å². The van der Waals surface area contributed by atoms with Gasteiger partial charge in [0.15, 0.2) is 9.84 Å². The summed E-state index contributed by atoms with van der Waals surface area (Å²) in [4.78, 5) is 23.4. The van der Waals surface area contributed by atoms with E-state index in [1.165, 1.54) is 31.4 Å². The van der Waals surface area contributed by atoms with Crippen LogP contribution in [0.15, 0.2) is 42.5 Å². The van der Waals surface area contributed by atoms with E-state index >= 15 is 0 Å². The standard InChI is InChI=1S/C19H21NO5S/c1-13-4-9-17(10-14(13)2)20-18(21)12-26(23,24)11-15-5-7-16(8-6-15)19(22)25-3/h4-10H,11-12H2,1-3H3,(H,20,21). The molecule has 2 aromatic carbocycles. The van der Waals surface area contributed by atoms with E-state index in [9.17, 15) is 18.0 Å². The van der Waals surface area contributed by atoms with Crippen molar-refractivity contribution in [2.75, 3.05) is 18.2 Å². The average molecular weight is 375 g/mol. The first-order valence-corrected chi connectivity index (χ1v) is 9.77. The minimum atomic E-state index is -3.64. The highest BCUT2D eigenvalue weighted by atomic mass is 32.2. The number of nitrogens with one attached hydrogen (secondary N) is 1. The van der Waals surface area contributed by atoms with Crippen molar-refractivity contribution in [3.8, 4) is 0 Å². The maximum atomic E-state index is 12.2. The summed E-state index contributed by atoms with van der Waals surface area (Å²) >= 11 is 0. The van der Waals surface area contributed by atoms with Crippen molar-refractivity contribution in [3.05, 3.63) is 64.7 Å². The lowest BCUT2D eigenvalue weighted by atomic mass is 10.1. The molecular weight excluding hydrogens is 354 g/mol. The molecule has 0 aliphatic rings. The largest absolute Gasteiger partial charge is 0.465 e. The Morgan fingerprint density at radius 3 is 2.23 bits per heavy atom. The Labute approximate surface area is 153 Å². The normalized spacial score (nSPS) is 11.0. The fourth-order valence-corrected chi connectivity index (χ4v) is 3.65. The van der Waals surface area contributed by atoms with Crippen molar-refractivity contribution in [2.24, 2.45) is 0 Å². The van der Waals surface area contributed by atoms with Crippen molar-refractivity contribution < 1.29 is 22.7 Å². The van der Waals surface area contributed by atoms with Crippen LogP contribution in [-0.4, -0.2) is 33.2 Å². The molecule has 0 spiro atoms. The van der Waals surface area contributed by atoms with E-state index in [2.05, 4.69) is 10.1 Å². The predicted octanol–water partition coefficient (Wildman–Crippen LogP) is 2.64. The quantitative estimate of drug-likeness (QED) is 0.784. The number of rotatable bonds is 6. The summed E-state index contributed by atoms with van der Waals surface area (Å²) in [6, 6.07) is 11.4. The Bertz CT molecular complexity index is 917. The van der Waals surface area contributed by atoms with Gasteiger partial charge in [-0.2, -0.15) is 0 Å². The molecule has 1 amide bonds. The average Bonchev–Trinajstić information content (AvgIpc) is 2.57.